The maximum absolute atomic E-state index is 13.5. The van der Waals surface area contributed by atoms with E-state index in [0.717, 1.165) is 0 Å². The minimum atomic E-state index is -1.92. The van der Waals surface area contributed by atoms with Crippen molar-refractivity contribution in [2.45, 2.75) is 26.1 Å². The average Bonchev–Trinajstić information content (AvgIpc) is 2.94. The molecule has 0 fully saturated rings. The molecule has 0 unspecified atom stereocenters. The van der Waals surface area contributed by atoms with Crippen LogP contribution in [0.15, 0.2) is 39.5 Å². The van der Waals surface area contributed by atoms with Crippen LogP contribution in [0.2, 0.25) is 0 Å². The monoisotopic (exact) mass is 588 g/mol. The first-order chi connectivity index (χ1) is 20.4. The highest BCUT2D eigenvalue weighted by Crippen LogP contribution is 2.57. The molecule has 1 atom stereocenters. The molecule has 6 rings (SSSR count). The second kappa shape index (κ2) is 9.70. The van der Waals surface area contributed by atoms with Gasteiger partial charge in [0, 0.05) is 30.0 Å². The van der Waals surface area contributed by atoms with E-state index in [1.165, 1.54) is 47.5 Å². The summed E-state index contributed by atoms with van der Waals surface area (Å²) in [4.78, 5) is 26.4. The minimum Gasteiger partial charge on any atom is -0.507 e. The van der Waals surface area contributed by atoms with Gasteiger partial charge in [-0.2, -0.15) is 0 Å². The topological polar surface area (TPSA) is 154 Å². The van der Waals surface area contributed by atoms with Crippen LogP contribution in [0.4, 0.5) is 0 Å². The lowest BCUT2D eigenvalue weighted by atomic mass is 9.86. The quantitative estimate of drug-likeness (QED) is 0.232. The minimum absolute atomic E-state index is 0.0530. The number of aryl methyl sites for hydroxylation is 1. The van der Waals surface area contributed by atoms with Gasteiger partial charge in [0.25, 0.3) is 0 Å². The molecule has 3 N–H and O–H groups in total. The second-order valence-electron chi connectivity index (χ2n) is 10.5. The van der Waals surface area contributed by atoms with E-state index >= 15 is 0 Å². The molecule has 1 aliphatic heterocycles. The number of carbonyl (C=O) groups is 1. The second-order valence-corrected chi connectivity index (χ2v) is 10.5. The zero-order valence-electron chi connectivity index (χ0n) is 24.2. The van der Waals surface area contributed by atoms with Crippen LogP contribution in [0.5, 0.6) is 40.2 Å². The van der Waals surface area contributed by atoms with E-state index in [1.807, 2.05) is 0 Å². The Morgan fingerprint density at radius 1 is 0.814 bits per heavy atom. The highest BCUT2D eigenvalue weighted by atomic mass is 16.6. The summed E-state index contributed by atoms with van der Waals surface area (Å²) in [6.45, 7) is 2.95. The maximum atomic E-state index is 13.5. The predicted octanol–water partition coefficient (Wildman–Crippen LogP) is 5.19. The van der Waals surface area contributed by atoms with Gasteiger partial charge in [0.05, 0.1) is 51.2 Å². The number of fused-ring (bicyclic) bond motifs is 5. The summed E-state index contributed by atoms with van der Waals surface area (Å²) in [5, 5.41) is 34.5. The third kappa shape index (κ3) is 4.07. The van der Waals surface area contributed by atoms with E-state index in [4.69, 9.17) is 28.1 Å². The van der Waals surface area contributed by atoms with Crippen molar-refractivity contribution in [1.29, 1.82) is 0 Å². The number of benzene rings is 4. The lowest BCUT2D eigenvalue weighted by Gasteiger charge is -2.33. The number of carbonyl (C=O) groups excluding carboxylic acids is 1. The number of Topliss-reactive ketones (excluding diaryl/α,β-unsaturated/α-hetero) is 1. The summed E-state index contributed by atoms with van der Waals surface area (Å²) >= 11 is 0. The summed E-state index contributed by atoms with van der Waals surface area (Å²) in [5.74, 6) is -2.08. The third-order valence-corrected chi connectivity index (χ3v) is 7.61. The number of methoxy groups -OCH3 is 4. The fourth-order valence-electron chi connectivity index (χ4n) is 5.89. The number of ketones is 1. The number of rotatable bonds is 5. The third-order valence-electron chi connectivity index (χ3n) is 7.61. The van der Waals surface area contributed by atoms with Crippen LogP contribution < -0.4 is 29.1 Å². The lowest BCUT2D eigenvalue weighted by Crippen LogP contribution is -2.39. The molecule has 11 heteroatoms. The first kappa shape index (κ1) is 28.0. The number of aliphatic hydroxyl groups is 1. The Morgan fingerprint density at radius 3 is 2.19 bits per heavy atom. The Bertz CT molecular complexity index is 2070. The van der Waals surface area contributed by atoms with Gasteiger partial charge < -0.3 is 43.4 Å². The van der Waals surface area contributed by atoms with Crippen LogP contribution in [-0.2, 0) is 0 Å². The number of phenols is 2. The van der Waals surface area contributed by atoms with Gasteiger partial charge in [-0.1, -0.05) is 0 Å². The molecule has 0 amide bonds. The fourth-order valence-corrected chi connectivity index (χ4v) is 5.89. The van der Waals surface area contributed by atoms with Crippen LogP contribution in [0, 0.1) is 6.92 Å². The van der Waals surface area contributed by atoms with Crippen molar-refractivity contribution in [3.05, 3.63) is 51.9 Å². The van der Waals surface area contributed by atoms with Crippen molar-refractivity contribution in [3.8, 4) is 51.4 Å². The normalized spacial score (nSPS) is 16.3. The van der Waals surface area contributed by atoms with Crippen molar-refractivity contribution < 1.29 is 48.2 Å². The maximum Gasteiger partial charge on any atom is 0.212 e. The predicted molar refractivity (Wildman–Crippen MR) is 157 cm³/mol. The number of aromatic hydroxyl groups is 2. The summed E-state index contributed by atoms with van der Waals surface area (Å²) < 4.78 is 35.0. The highest BCUT2D eigenvalue weighted by Gasteiger charge is 2.41. The van der Waals surface area contributed by atoms with E-state index in [9.17, 15) is 24.9 Å². The summed E-state index contributed by atoms with van der Waals surface area (Å²) in [6, 6.07) is 7.46. The average molecular weight is 589 g/mol. The summed E-state index contributed by atoms with van der Waals surface area (Å²) in [7, 11) is 5.70. The molecule has 0 bridgehead atoms. The first-order valence-corrected chi connectivity index (χ1v) is 13.2. The van der Waals surface area contributed by atoms with E-state index in [2.05, 4.69) is 0 Å². The van der Waals surface area contributed by atoms with Crippen LogP contribution in [0.1, 0.15) is 29.5 Å². The number of hydrogen-bond donors (Lipinski definition) is 3. The van der Waals surface area contributed by atoms with Gasteiger partial charge in [-0.15, -0.1) is 0 Å². The molecular formula is C32H28O11. The van der Waals surface area contributed by atoms with Gasteiger partial charge >= 0.3 is 0 Å². The number of ether oxygens (including phenoxy) is 5. The molecule has 1 aromatic heterocycles. The molecular weight excluding hydrogens is 560 g/mol. The SMILES string of the molecule is COc1cc(OC)c2c(O)c3c(c(-c4c(OC)cc5cc(O)c6c(=O)cc(C)oc6c5c4OC)c2c1)O[C@](C)(O)CC3=O. The molecule has 1 aliphatic rings. The Kier molecular flexibility index (Phi) is 6.31. The summed E-state index contributed by atoms with van der Waals surface area (Å²) in [5.41, 5.74) is -0.100. The Balaban J connectivity index is 1.93. The molecule has 43 heavy (non-hydrogen) atoms. The molecule has 4 aromatic carbocycles. The summed E-state index contributed by atoms with van der Waals surface area (Å²) in [6.07, 6.45) is -0.419. The Hall–Kier alpha value is -5.16. The molecule has 0 radical (unpaired) electrons. The van der Waals surface area contributed by atoms with E-state index < -0.39 is 29.2 Å². The van der Waals surface area contributed by atoms with E-state index in [1.54, 1.807) is 25.1 Å². The van der Waals surface area contributed by atoms with Gasteiger partial charge in [-0.3, -0.25) is 9.59 Å². The number of phenolic OH excluding ortho intramolecular Hbond substituents is 2. The van der Waals surface area contributed by atoms with Crippen molar-refractivity contribution in [3.63, 3.8) is 0 Å². The van der Waals surface area contributed by atoms with Gasteiger partial charge in [0.1, 0.15) is 57.0 Å². The van der Waals surface area contributed by atoms with Crippen LogP contribution in [-0.4, -0.2) is 55.3 Å². The van der Waals surface area contributed by atoms with Crippen molar-refractivity contribution in [1.82, 2.24) is 0 Å². The molecule has 5 aromatic rings. The van der Waals surface area contributed by atoms with Crippen molar-refractivity contribution >= 4 is 38.3 Å². The standard InChI is InChI=1S/C32H28O11/c1-13-7-17(33)25-18(34)8-14-9-20(39-4)27(29(41-6)22(14)30(25)42-13)24-16-10-15(38-3)11-21(40-5)23(16)28(36)26-19(35)12-32(2,37)43-31(24)26/h7-11,34,36-37H,12H2,1-6H3/t32-/m0/s1. The van der Waals surface area contributed by atoms with Crippen LogP contribution in [0.25, 0.3) is 43.6 Å². The van der Waals surface area contributed by atoms with Gasteiger partial charge in [0.15, 0.2) is 16.8 Å². The molecule has 0 spiro atoms. The Morgan fingerprint density at radius 2 is 1.53 bits per heavy atom. The molecule has 0 aliphatic carbocycles. The van der Waals surface area contributed by atoms with Crippen LogP contribution in [0.3, 0.4) is 0 Å². The lowest BCUT2D eigenvalue weighted by molar-refractivity contribution is -0.122. The zero-order chi connectivity index (χ0) is 31.0. The molecule has 222 valence electrons. The van der Waals surface area contributed by atoms with E-state index in [-0.39, 0.29) is 61.8 Å². The van der Waals surface area contributed by atoms with Gasteiger partial charge in [-0.05, 0) is 30.5 Å². The van der Waals surface area contributed by atoms with E-state index in [0.29, 0.717) is 27.7 Å². The molecule has 2 heterocycles. The molecule has 0 saturated heterocycles. The zero-order valence-corrected chi connectivity index (χ0v) is 24.2. The highest BCUT2D eigenvalue weighted by molar-refractivity contribution is 6.20. The Labute approximate surface area is 244 Å². The van der Waals surface area contributed by atoms with Crippen LogP contribution >= 0.6 is 0 Å². The number of hydrogen-bond acceptors (Lipinski definition) is 11. The molecule has 11 nitrogen and oxygen atoms in total. The fraction of sp³-hybridized carbons (Fsp3) is 0.250. The van der Waals surface area contributed by atoms with Gasteiger partial charge in [0.2, 0.25) is 5.79 Å². The largest absolute Gasteiger partial charge is 0.507 e. The van der Waals surface area contributed by atoms with Crippen molar-refractivity contribution in [2.75, 3.05) is 28.4 Å². The van der Waals surface area contributed by atoms with Gasteiger partial charge in [-0.25, -0.2) is 0 Å². The molecule has 0 saturated carbocycles. The first-order valence-electron chi connectivity index (χ1n) is 13.2. The smallest absolute Gasteiger partial charge is 0.212 e. The van der Waals surface area contributed by atoms with Crippen molar-refractivity contribution in [2.24, 2.45) is 0 Å².